The van der Waals surface area contributed by atoms with E-state index in [1.807, 2.05) is 18.2 Å². The van der Waals surface area contributed by atoms with Crippen LogP contribution in [-0.4, -0.2) is 9.55 Å². The van der Waals surface area contributed by atoms with E-state index in [9.17, 15) is 0 Å². The van der Waals surface area contributed by atoms with E-state index in [4.69, 9.17) is 23.8 Å². The van der Waals surface area contributed by atoms with Gasteiger partial charge in [0.1, 0.15) is 0 Å². The zero-order valence-electron chi connectivity index (χ0n) is 9.03. The Hall–Kier alpha value is -0.800. The van der Waals surface area contributed by atoms with Gasteiger partial charge in [0.05, 0.1) is 11.0 Å². The first kappa shape index (κ1) is 10.4. The maximum absolute atomic E-state index is 6.02. The van der Waals surface area contributed by atoms with Crippen LogP contribution >= 0.6 is 23.8 Å². The molecule has 1 N–H and O–H groups in total. The minimum absolute atomic E-state index is 0.763. The zero-order valence-corrected chi connectivity index (χ0v) is 10.6. The highest BCUT2D eigenvalue weighted by molar-refractivity contribution is 7.71. The number of benzene rings is 1. The summed E-state index contributed by atoms with van der Waals surface area (Å²) in [6.45, 7) is 3.30. The van der Waals surface area contributed by atoms with Crippen molar-refractivity contribution in [1.82, 2.24) is 9.55 Å². The van der Waals surface area contributed by atoms with Crippen molar-refractivity contribution in [3.8, 4) is 0 Å². The highest BCUT2D eigenvalue weighted by Gasteiger charge is 2.33. The molecule has 16 heavy (non-hydrogen) atoms. The Kier molecular flexibility index (Phi) is 2.33. The van der Waals surface area contributed by atoms with E-state index in [1.54, 1.807) is 0 Å². The van der Waals surface area contributed by atoms with Crippen molar-refractivity contribution in [1.29, 1.82) is 0 Å². The summed E-state index contributed by atoms with van der Waals surface area (Å²) in [5, 5.41) is 0.763. The third kappa shape index (κ3) is 1.68. The molecule has 4 heteroatoms. The topological polar surface area (TPSA) is 20.7 Å². The Morgan fingerprint density at radius 3 is 3.00 bits per heavy atom. The molecule has 1 fully saturated rings. The molecular weight excluding hydrogens is 240 g/mol. The molecule has 2 aromatic rings. The summed E-state index contributed by atoms with van der Waals surface area (Å²) in [6.07, 6.45) is 1.31. The number of rotatable bonds is 2. The second kappa shape index (κ2) is 3.60. The molecule has 2 unspecified atom stereocenters. The maximum atomic E-state index is 6.02. The highest BCUT2D eigenvalue weighted by Crippen LogP contribution is 2.39. The Bertz CT molecular complexity index is 599. The standard InChI is InChI=1S/C12H13ClN2S/c1-7-4-8(7)6-15-11-5-9(13)2-3-10(11)14-12(15)16/h2-3,5,7-8H,4,6H2,1H3,(H,14,16). The lowest BCUT2D eigenvalue weighted by molar-refractivity contribution is 0.601. The summed E-state index contributed by atoms with van der Waals surface area (Å²) in [7, 11) is 0. The van der Waals surface area contributed by atoms with Gasteiger partial charge in [0.15, 0.2) is 4.77 Å². The van der Waals surface area contributed by atoms with E-state index >= 15 is 0 Å². The quantitative estimate of drug-likeness (QED) is 0.801. The number of halogens is 1. The van der Waals surface area contributed by atoms with Crippen molar-refractivity contribution >= 4 is 34.9 Å². The van der Waals surface area contributed by atoms with Crippen LogP contribution in [-0.2, 0) is 6.54 Å². The molecule has 2 nitrogen and oxygen atoms in total. The molecule has 1 saturated carbocycles. The van der Waals surface area contributed by atoms with Gasteiger partial charge >= 0.3 is 0 Å². The van der Waals surface area contributed by atoms with Crippen LogP contribution in [0.15, 0.2) is 18.2 Å². The first-order valence-electron chi connectivity index (χ1n) is 5.53. The Balaban J connectivity index is 2.10. The minimum atomic E-state index is 0.763. The van der Waals surface area contributed by atoms with Crippen molar-refractivity contribution in [3.63, 3.8) is 0 Å². The van der Waals surface area contributed by atoms with Gasteiger partial charge < -0.3 is 9.55 Å². The van der Waals surface area contributed by atoms with E-state index in [1.165, 1.54) is 6.42 Å². The van der Waals surface area contributed by atoms with E-state index in [2.05, 4.69) is 16.5 Å². The van der Waals surface area contributed by atoms with Gasteiger partial charge in [-0.05, 0) is 48.7 Å². The Labute approximate surface area is 104 Å². The SMILES string of the molecule is CC1CC1Cn1c(=S)[nH]c2ccc(Cl)cc21. The van der Waals surface area contributed by atoms with Crippen LogP contribution in [0, 0.1) is 16.6 Å². The van der Waals surface area contributed by atoms with Crippen molar-refractivity contribution < 1.29 is 0 Å². The average molecular weight is 253 g/mol. The number of fused-ring (bicyclic) bond motifs is 1. The molecule has 0 amide bonds. The molecule has 1 heterocycles. The van der Waals surface area contributed by atoms with Gasteiger partial charge in [-0.1, -0.05) is 18.5 Å². The Morgan fingerprint density at radius 1 is 1.56 bits per heavy atom. The molecule has 2 atom stereocenters. The van der Waals surface area contributed by atoms with Crippen LogP contribution in [0.2, 0.25) is 5.02 Å². The van der Waals surface area contributed by atoms with E-state index < -0.39 is 0 Å². The van der Waals surface area contributed by atoms with Gasteiger partial charge in [-0.25, -0.2) is 0 Å². The second-order valence-corrected chi connectivity index (χ2v) is 5.50. The summed E-state index contributed by atoms with van der Waals surface area (Å²) in [5.74, 6) is 1.62. The average Bonchev–Trinajstić information content (AvgIpc) is 2.84. The van der Waals surface area contributed by atoms with Gasteiger partial charge in [-0.15, -0.1) is 0 Å². The molecule has 0 radical (unpaired) electrons. The zero-order chi connectivity index (χ0) is 11.3. The van der Waals surface area contributed by atoms with Crippen molar-refractivity contribution in [3.05, 3.63) is 28.0 Å². The van der Waals surface area contributed by atoms with Crippen LogP contribution in [0.25, 0.3) is 11.0 Å². The third-order valence-electron chi connectivity index (χ3n) is 3.43. The number of H-pyrrole nitrogens is 1. The molecule has 0 spiro atoms. The fourth-order valence-electron chi connectivity index (χ4n) is 2.20. The largest absolute Gasteiger partial charge is 0.331 e. The number of nitrogens with zero attached hydrogens (tertiary/aromatic N) is 1. The lowest BCUT2D eigenvalue weighted by Crippen LogP contribution is -2.00. The van der Waals surface area contributed by atoms with E-state index in [-0.39, 0.29) is 0 Å². The predicted molar refractivity (Wildman–Crippen MR) is 69.4 cm³/mol. The fraction of sp³-hybridized carbons (Fsp3) is 0.417. The summed E-state index contributed by atoms with van der Waals surface area (Å²) >= 11 is 11.4. The molecule has 1 aliphatic carbocycles. The van der Waals surface area contributed by atoms with Crippen molar-refractivity contribution in [2.24, 2.45) is 11.8 Å². The Morgan fingerprint density at radius 2 is 2.31 bits per heavy atom. The number of hydrogen-bond acceptors (Lipinski definition) is 1. The molecule has 1 aliphatic rings. The summed E-state index contributed by atoms with van der Waals surface area (Å²) in [6, 6.07) is 5.86. The van der Waals surface area contributed by atoms with Gasteiger partial charge in [0.2, 0.25) is 0 Å². The minimum Gasteiger partial charge on any atom is -0.331 e. The third-order valence-corrected chi connectivity index (χ3v) is 3.99. The van der Waals surface area contributed by atoms with Crippen LogP contribution in [0.4, 0.5) is 0 Å². The number of aromatic amines is 1. The normalized spacial score (nSPS) is 23.9. The fourth-order valence-corrected chi connectivity index (χ4v) is 2.64. The van der Waals surface area contributed by atoms with Crippen molar-refractivity contribution in [2.45, 2.75) is 19.9 Å². The number of aromatic nitrogens is 2. The van der Waals surface area contributed by atoms with E-state index in [0.717, 1.165) is 39.2 Å². The smallest absolute Gasteiger partial charge is 0.178 e. The molecule has 84 valence electrons. The lowest BCUT2D eigenvalue weighted by atomic mass is 10.3. The summed E-state index contributed by atoms with van der Waals surface area (Å²) < 4.78 is 2.97. The van der Waals surface area contributed by atoms with E-state index in [0.29, 0.717) is 0 Å². The van der Waals surface area contributed by atoms with Gasteiger partial charge in [0.25, 0.3) is 0 Å². The van der Waals surface area contributed by atoms with Crippen LogP contribution in [0.1, 0.15) is 13.3 Å². The molecule has 0 aliphatic heterocycles. The molecule has 1 aromatic heterocycles. The van der Waals surface area contributed by atoms with Gasteiger partial charge in [-0.3, -0.25) is 0 Å². The first-order chi connectivity index (χ1) is 7.65. The van der Waals surface area contributed by atoms with Gasteiger partial charge in [-0.2, -0.15) is 0 Å². The maximum Gasteiger partial charge on any atom is 0.178 e. The van der Waals surface area contributed by atoms with Crippen LogP contribution in [0.3, 0.4) is 0 Å². The van der Waals surface area contributed by atoms with Crippen LogP contribution < -0.4 is 0 Å². The molecular formula is C12H13ClN2S. The highest BCUT2D eigenvalue weighted by atomic mass is 35.5. The molecule has 0 saturated heterocycles. The number of hydrogen-bond donors (Lipinski definition) is 1. The number of imidazole rings is 1. The molecule has 1 aromatic carbocycles. The molecule has 0 bridgehead atoms. The van der Waals surface area contributed by atoms with Crippen LogP contribution in [0.5, 0.6) is 0 Å². The first-order valence-corrected chi connectivity index (χ1v) is 6.32. The summed E-state index contributed by atoms with van der Waals surface area (Å²) in [4.78, 5) is 3.22. The summed E-state index contributed by atoms with van der Waals surface area (Å²) in [5.41, 5.74) is 2.19. The monoisotopic (exact) mass is 252 g/mol. The predicted octanol–water partition coefficient (Wildman–Crippen LogP) is 4.01. The number of nitrogens with one attached hydrogen (secondary N) is 1. The lowest BCUT2D eigenvalue weighted by Gasteiger charge is -2.03. The molecule has 3 rings (SSSR count). The van der Waals surface area contributed by atoms with Crippen molar-refractivity contribution in [2.75, 3.05) is 0 Å². The van der Waals surface area contributed by atoms with Gasteiger partial charge in [0, 0.05) is 11.6 Å². The second-order valence-electron chi connectivity index (χ2n) is 4.68.